The molecule has 4 rings (SSSR count). The summed E-state index contributed by atoms with van der Waals surface area (Å²) in [6.45, 7) is 7.94. The molecule has 1 N–H and O–H groups in total. The van der Waals surface area contributed by atoms with Crippen molar-refractivity contribution in [1.82, 2.24) is 14.5 Å². The number of likely N-dealkylation sites (tertiary alicyclic amines) is 1. The van der Waals surface area contributed by atoms with Gasteiger partial charge >= 0.3 is 6.03 Å². The average molecular weight is 352 g/mol. The summed E-state index contributed by atoms with van der Waals surface area (Å²) in [6.07, 6.45) is 6.57. The second-order valence-electron chi connectivity index (χ2n) is 7.95. The summed E-state index contributed by atoms with van der Waals surface area (Å²) in [5, 5.41) is 3.05. The molecule has 1 aliphatic carbocycles. The first kappa shape index (κ1) is 17.1. The van der Waals surface area contributed by atoms with E-state index in [0.29, 0.717) is 12.0 Å². The average Bonchev–Trinajstić information content (AvgIpc) is 3.21. The molecule has 0 spiro atoms. The van der Waals surface area contributed by atoms with Crippen LogP contribution in [0, 0.1) is 26.7 Å². The summed E-state index contributed by atoms with van der Waals surface area (Å²) >= 11 is 0. The Morgan fingerprint density at radius 2 is 2.00 bits per heavy atom. The maximum absolute atomic E-state index is 12.6. The van der Waals surface area contributed by atoms with Crippen molar-refractivity contribution in [2.24, 2.45) is 5.92 Å². The molecule has 1 aliphatic heterocycles. The van der Waals surface area contributed by atoms with Gasteiger partial charge in [0.15, 0.2) is 0 Å². The molecule has 1 atom stereocenters. The highest BCUT2D eigenvalue weighted by Gasteiger charge is 2.31. The van der Waals surface area contributed by atoms with Crippen LogP contribution in [0.25, 0.3) is 0 Å². The van der Waals surface area contributed by atoms with E-state index in [2.05, 4.69) is 41.7 Å². The van der Waals surface area contributed by atoms with Gasteiger partial charge in [-0.3, -0.25) is 0 Å². The number of carbonyl (C=O) groups is 1. The van der Waals surface area contributed by atoms with Gasteiger partial charge < -0.3 is 14.8 Å². The van der Waals surface area contributed by atoms with E-state index in [1.165, 1.54) is 35.5 Å². The summed E-state index contributed by atoms with van der Waals surface area (Å²) in [5.74, 6) is 1.70. The lowest BCUT2D eigenvalue weighted by molar-refractivity contribution is 0.220. The minimum atomic E-state index is 0.0115. The fraction of sp³-hybridized carbons (Fsp3) is 0.524. The van der Waals surface area contributed by atoms with E-state index in [9.17, 15) is 4.79 Å². The predicted octanol–water partition coefficient (Wildman–Crippen LogP) is 4.24. The van der Waals surface area contributed by atoms with Crippen LogP contribution >= 0.6 is 0 Å². The zero-order valence-electron chi connectivity index (χ0n) is 16.0. The lowest BCUT2D eigenvalue weighted by Gasteiger charge is -2.18. The minimum absolute atomic E-state index is 0.0115. The van der Waals surface area contributed by atoms with Gasteiger partial charge in [0.1, 0.15) is 5.82 Å². The number of nitrogens with zero attached hydrogens (tertiary/aromatic N) is 3. The Bertz CT molecular complexity index is 821. The van der Waals surface area contributed by atoms with Crippen LogP contribution in [0.1, 0.15) is 47.9 Å². The summed E-state index contributed by atoms with van der Waals surface area (Å²) in [6, 6.07) is 6.74. The number of hydrogen-bond donors (Lipinski definition) is 1. The van der Waals surface area contributed by atoms with Crippen LogP contribution in [0.5, 0.6) is 0 Å². The first-order valence-electron chi connectivity index (χ1n) is 9.67. The number of anilines is 1. The van der Waals surface area contributed by atoms with Crippen molar-refractivity contribution in [2.45, 2.75) is 52.5 Å². The Hall–Kier alpha value is -2.30. The van der Waals surface area contributed by atoms with Crippen molar-refractivity contribution in [1.29, 1.82) is 0 Å². The van der Waals surface area contributed by atoms with Crippen molar-refractivity contribution in [3.8, 4) is 0 Å². The standard InChI is InChI=1S/C21H28N4O/c1-14-4-5-18(10-15(14)2)23-21(26)24-9-8-17(13-24)11-20-22-12-16(3)25(20)19-6-7-19/h4-5,10,12,17,19H,6-9,11,13H2,1-3H3,(H,23,26). The molecule has 0 bridgehead atoms. The molecule has 2 aliphatic rings. The number of aromatic nitrogens is 2. The molecule has 0 radical (unpaired) electrons. The van der Waals surface area contributed by atoms with Gasteiger partial charge in [-0.25, -0.2) is 9.78 Å². The fourth-order valence-electron chi connectivity index (χ4n) is 3.94. The molecule has 2 aromatic rings. The van der Waals surface area contributed by atoms with E-state index < -0.39 is 0 Å². The summed E-state index contributed by atoms with van der Waals surface area (Å²) in [7, 11) is 0. The van der Waals surface area contributed by atoms with Crippen LogP contribution in [0.2, 0.25) is 0 Å². The first-order valence-corrected chi connectivity index (χ1v) is 9.67. The molecule has 138 valence electrons. The number of carbonyl (C=O) groups excluding carboxylic acids is 1. The highest BCUT2D eigenvalue weighted by atomic mass is 16.2. The molecule has 2 amide bonds. The van der Waals surface area contributed by atoms with Gasteiger partial charge in [0, 0.05) is 43.1 Å². The molecule has 1 aromatic carbocycles. The third-order valence-corrected chi connectivity index (χ3v) is 5.77. The lowest BCUT2D eigenvalue weighted by atomic mass is 10.0. The SMILES string of the molecule is Cc1ccc(NC(=O)N2CCC(Cc3ncc(C)n3C3CC3)C2)cc1C. The molecular weight excluding hydrogens is 324 g/mol. The van der Waals surface area contributed by atoms with Gasteiger partial charge in [0.2, 0.25) is 0 Å². The van der Waals surface area contributed by atoms with E-state index in [1.807, 2.05) is 23.2 Å². The zero-order chi connectivity index (χ0) is 18.3. The highest BCUT2D eigenvalue weighted by molar-refractivity contribution is 5.89. The van der Waals surface area contributed by atoms with Crippen molar-refractivity contribution < 1.29 is 4.79 Å². The quantitative estimate of drug-likeness (QED) is 0.895. The van der Waals surface area contributed by atoms with Gasteiger partial charge in [-0.2, -0.15) is 0 Å². The number of nitrogens with one attached hydrogen (secondary N) is 1. The number of imidazole rings is 1. The van der Waals surface area contributed by atoms with Gasteiger partial charge in [0.05, 0.1) is 0 Å². The minimum Gasteiger partial charge on any atom is -0.329 e. The van der Waals surface area contributed by atoms with Crippen molar-refractivity contribution >= 4 is 11.7 Å². The van der Waals surface area contributed by atoms with E-state index >= 15 is 0 Å². The van der Waals surface area contributed by atoms with Gasteiger partial charge in [-0.1, -0.05) is 6.07 Å². The van der Waals surface area contributed by atoms with Crippen LogP contribution in [0.15, 0.2) is 24.4 Å². The van der Waals surface area contributed by atoms with Crippen LogP contribution in [-0.4, -0.2) is 33.6 Å². The topological polar surface area (TPSA) is 50.2 Å². The van der Waals surface area contributed by atoms with Crippen molar-refractivity contribution in [2.75, 3.05) is 18.4 Å². The summed E-state index contributed by atoms with van der Waals surface area (Å²) < 4.78 is 2.41. The van der Waals surface area contributed by atoms with Crippen LogP contribution in [0.3, 0.4) is 0 Å². The normalized spacial score (nSPS) is 19.8. The number of benzene rings is 1. The molecule has 2 heterocycles. The maximum atomic E-state index is 12.6. The van der Waals surface area contributed by atoms with Gasteiger partial charge in [0.25, 0.3) is 0 Å². The van der Waals surface area contributed by atoms with E-state index in [1.54, 1.807) is 0 Å². The number of urea groups is 1. The van der Waals surface area contributed by atoms with Gasteiger partial charge in [-0.05, 0) is 69.2 Å². The molecular formula is C21H28N4O. The third kappa shape index (κ3) is 3.48. The smallest absolute Gasteiger partial charge is 0.321 e. The van der Waals surface area contributed by atoms with Crippen molar-refractivity contribution in [3.05, 3.63) is 47.0 Å². The predicted molar refractivity (Wildman–Crippen MR) is 104 cm³/mol. The second-order valence-corrected chi connectivity index (χ2v) is 7.95. The molecule has 1 saturated carbocycles. The Morgan fingerprint density at radius 3 is 2.73 bits per heavy atom. The Kier molecular flexibility index (Phi) is 4.47. The molecule has 1 unspecified atom stereocenters. The second kappa shape index (κ2) is 6.78. The molecule has 26 heavy (non-hydrogen) atoms. The third-order valence-electron chi connectivity index (χ3n) is 5.77. The first-order chi connectivity index (χ1) is 12.5. The van der Waals surface area contributed by atoms with Gasteiger partial charge in [-0.15, -0.1) is 0 Å². The van der Waals surface area contributed by atoms with E-state index in [-0.39, 0.29) is 6.03 Å². The fourth-order valence-corrected chi connectivity index (χ4v) is 3.94. The summed E-state index contributed by atoms with van der Waals surface area (Å²) in [4.78, 5) is 19.2. The van der Waals surface area contributed by atoms with E-state index in [4.69, 9.17) is 0 Å². The van der Waals surface area contributed by atoms with Crippen LogP contribution < -0.4 is 5.32 Å². The Morgan fingerprint density at radius 1 is 1.19 bits per heavy atom. The number of aryl methyl sites for hydroxylation is 3. The maximum Gasteiger partial charge on any atom is 0.321 e. The monoisotopic (exact) mass is 352 g/mol. The molecule has 1 saturated heterocycles. The molecule has 1 aromatic heterocycles. The molecule has 2 fully saturated rings. The van der Waals surface area contributed by atoms with Crippen molar-refractivity contribution in [3.63, 3.8) is 0 Å². The van der Waals surface area contributed by atoms with E-state index in [0.717, 1.165) is 31.6 Å². The van der Waals surface area contributed by atoms with Crippen LogP contribution in [-0.2, 0) is 6.42 Å². The zero-order valence-corrected chi connectivity index (χ0v) is 16.0. The molecule has 5 nitrogen and oxygen atoms in total. The number of rotatable bonds is 4. The lowest BCUT2D eigenvalue weighted by Crippen LogP contribution is -2.33. The number of hydrogen-bond acceptors (Lipinski definition) is 2. The Balaban J connectivity index is 1.36. The Labute approximate surface area is 155 Å². The van der Waals surface area contributed by atoms with Crippen LogP contribution in [0.4, 0.5) is 10.5 Å². The highest BCUT2D eigenvalue weighted by Crippen LogP contribution is 2.37. The molecule has 5 heteroatoms. The summed E-state index contributed by atoms with van der Waals surface area (Å²) in [5.41, 5.74) is 4.58. The largest absolute Gasteiger partial charge is 0.329 e. The number of amides is 2.